The van der Waals surface area contributed by atoms with Gasteiger partial charge in [-0.05, 0) is 32.6 Å². The van der Waals surface area contributed by atoms with Crippen LogP contribution in [0.4, 0.5) is 0 Å². The Morgan fingerprint density at radius 2 is 2.24 bits per heavy atom. The van der Waals surface area contributed by atoms with Gasteiger partial charge >= 0.3 is 5.97 Å². The fourth-order valence-electron chi connectivity index (χ4n) is 2.79. The van der Waals surface area contributed by atoms with Crippen molar-refractivity contribution in [3.05, 3.63) is 16.1 Å². The number of carbonyl (C=O) groups is 2. The number of piperidine rings is 1. The fourth-order valence-corrected chi connectivity index (χ4v) is 3.57. The number of thiazole rings is 1. The minimum absolute atomic E-state index is 0.0976. The maximum atomic E-state index is 12.4. The smallest absolute Gasteiger partial charge is 0.303 e. The third-order valence-corrected chi connectivity index (χ3v) is 4.88. The van der Waals surface area contributed by atoms with Crippen LogP contribution in [-0.4, -0.2) is 39.5 Å². The molecule has 1 aliphatic heterocycles. The molecule has 0 aliphatic carbocycles. The molecule has 0 radical (unpaired) electrons. The lowest BCUT2D eigenvalue weighted by molar-refractivity contribution is -0.140. The van der Waals surface area contributed by atoms with E-state index < -0.39 is 5.97 Å². The van der Waals surface area contributed by atoms with Crippen LogP contribution in [0.15, 0.2) is 5.38 Å². The van der Waals surface area contributed by atoms with Gasteiger partial charge in [-0.3, -0.25) is 9.59 Å². The molecule has 5 nitrogen and oxygen atoms in total. The zero-order valence-electron chi connectivity index (χ0n) is 12.4. The Morgan fingerprint density at radius 1 is 1.43 bits per heavy atom. The molecule has 21 heavy (non-hydrogen) atoms. The Bertz CT molecular complexity index is 501. The van der Waals surface area contributed by atoms with Gasteiger partial charge in [0.1, 0.15) is 0 Å². The molecule has 1 saturated heterocycles. The van der Waals surface area contributed by atoms with Gasteiger partial charge in [-0.15, -0.1) is 11.3 Å². The van der Waals surface area contributed by atoms with E-state index in [1.165, 1.54) is 0 Å². The summed E-state index contributed by atoms with van der Waals surface area (Å²) in [6, 6.07) is 0.0976. The molecule has 1 amide bonds. The highest BCUT2D eigenvalue weighted by atomic mass is 32.1. The summed E-state index contributed by atoms with van der Waals surface area (Å²) in [4.78, 5) is 29.4. The molecule has 1 aliphatic rings. The van der Waals surface area contributed by atoms with Gasteiger partial charge in [0.25, 0.3) is 0 Å². The summed E-state index contributed by atoms with van der Waals surface area (Å²) in [5.41, 5.74) is 1.000. The van der Waals surface area contributed by atoms with Crippen LogP contribution in [0, 0.1) is 6.92 Å². The summed E-state index contributed by atoms with van der Waals surface area (Å²) in [6.07, 6.45) is 4.88. The number of aromatic nitrogens is 1. The van der Waals surface area contributed by atoms with E-state index in [0.29, 0.717) is 19.3 Å². The maximum absolute atomic E-state index is 12.4. The molecular weight excluding hydrogens is 288 g/mol. The van der Waals surface area contributed by atoms with E-state index in [1.807, 2.05) is 17.2 Å². The van der Waals surface area contributed by atoms with Gasteiger partial charge in [0, 0.05) is 42.9 Å². The highest BCUT2D eigenvalue weighted by molar-refractivity contribution is 7.09. The second-order valence-corrected chi connectivity index (χ2v) is 6.49. The van der Waals surface area contributed by atoms with E-state index >= 15 is 0 Å². The van der Waals surface area contributed by atoms with Crippen LogP contribution in [0.25, 0.3) is 0 Å². The normalized spacial score (nSPS) is 18.7. The third-order valence-electron chi connectivity index (χ3n) is 3.86. The minimum atomic E-state index is -0.786. The SMILES string of the molecule is Cc1csc(CCC(=O)N2CCCCC2CCC(=O)O)n1. The second kappa shape index (κ2) is 7.54. The number of hydrogen-bond donors (Lipinski definition) is 1. The van der Waals surface area contributed by atoms with Crippen LogP contribution in [0.1, 0.15) is 49.2 Å². The average molecular weight is 310 g/mol. The van der Waals surface area contributed by atoms with Gasteiger partial charge in [0.2, 0.25) is 5.91 Å². The van der Waals surface area contributed by atoms with Crippen LogP contribution in [0.3, 0.4) is 0 Å². The molecule has 0 bridgehead atoms. The Balaban J connectivity index is 1.87. The quantitative estimate of drug-likeness (QED) is 0.877. The topological polar surface area (TPSA) is 70.5 Å². The lowest BCUT2D eigenvalue weighted by atomic mass is 9.97. The highest BCUT2D eigenvalue weighted by Gasteiger charge is 2.26. The largest absolute Gasteiger partial charge is 0.481 e. The van der Waals surface area contributed by atoms with Gasteiger partial charge in [-0.2, -0.15) is 0 Å². The number of hydrogen-bond acceptors (Lipinski definition) is 4. The summed E-state index contributed by atoms with van der Waals surface area (Å²) in [7, 11) is 0. The highest BCUT2D eigenvalue weighted by Crippen LogP contribution is 2.22. The van der Waals surface area contributed by atoms with Crippen molar-refractivity contribution >= 4 is 23.2 Å². The first kappa shape index (κ1) is 15.9. The first-order valence-electron chi connectivity index (χ1n) is 7.48. The maximum Gasteiger partial charge on any atom is 0.303 e. The number of carboxylic acid groups (broad SMARTS) is 1. The molecule has 1 atom stereocenters. The lowest BCUT2D eigenvalue weighted by Crippen LogP contribution is -2.44. The second-order valence-electron chi connectivity index (χ2n) is 5.55. The van der Waals surface area contributed by atoms with Crippen molar-refractivity contribution in [1.82, 2.24) is 9.88 Å². The van der Waals surface area contributed by atoms with Crippen molar-refractivity contribution in [2.45, 2.75) is 57.9 Å². The molecule has 0 aromatic carbocycles. The number of likely N-dealkylation sites (tertiary alicyclic amines) is 1. The van der Waals surface area contributed by atoms with E-state index in [4.69, 9.17) is 5.11 Å². The molecule has 0 spiro atoms. The first-order valence-corrected chi connectivity index (χ1v) is 8.36. The van der Waals surface area contributed by atoms with E-state index in [1.54, 1.807) is 11.3 Å². The lowest BCUT2D eigenvalue weighted by Gasteiger charge is -2.35. The van der Waals surface area contributed by atoms with Gasteiger partial charge in [-0.25, -0.2) is 4.98 Å². The average Bonchev–Trinajstić information content (AvgIpc) is 2.88. The molecule has 6 heteroatoms. The number of amides is 1. The first-order chi connectivity index (χ1) is 10.1. The number of rotatable bonds is 6. The molecule has 0 saturated carbocycles. The van der Waals surface area contributed by atoms with Crippen LogP contribution >= 0.6 is 11.3 Å². The van der Waals surface area contributed by atoms with Gasteiger partial charge in [-0.1, -0.05) is 0 Å². The number of aliphatic carboxylic acids is 1. The molecule has 1 N–H and O–H groups in total. The Kier molecular flexibility index (Phi) is 5.73. The van der Waals surface area contributed by atoms with Gasteiger partial charge in [0.05, 0.1) is 5.01 Å². The molecule has 1 aromatic rings. The van der Waals surface area contributed by atoms with Crippen molar-refractivity contribution in [2.24, 2.45) is 0 Å². The molecule has 2 rings (SSSR count). The Labute approximate surface area is 129 Å². The van der Waals surface area contributed by atoms with Crippen LogP contribution in [0.2, 0.25) is 0 Å². The number of carboxylic acids is 1. The molecular formula is C15H22N2O3S. The molecule has 1 aromatic heterocycles. The molecule has 116 valence electrons. The summed E-state index contributed by atoms with van der Waals surface area (Å²) in [5.74, 6) is -0.649. The number of nitrogens with zero attached hydrogens (tertiary/aromatic N) is 2. The minimum Gasteiger partial charge on any atom is -0.481 e. The zero-order valence-corrected chi connectivity index (χ0v) is 13.2. The van der Waals surface area contributed by atoms with E-state index in [-0.39, 0.29) is 18.4 Å². The summed E-state index contributed by atoms with van der Waals surface area (Å²) in [6.45, 7) is 2.72. The predicted octanol–water partition coefficient (Wildman–Crippen LogP) is 2.63. The van der Waals surface area contributed by atoms with Crippen molar-refractivity contribution in [2.75, 3.05) is 6.54 Å². The van der Waals surface area contributed by atoms with E-state index in [0.717, 1.165) is 36.5 Å². The predicted molar refractivity (Wildman–Crippen MR) is 81.4 cm³/mol. The third kappa shape index (κ3) is 4.81. The number of carbonyl (C=O) groups excluding carboxylic acids is 1. The summed E-state index contributed by atoms with van der Waals surface area (Å²) < 4.78 is 0. The fraction of sp³-hybridized carbons (Fsp3) is 0.667. The van der Waals surface area contributed by atoms with E-state index in [9.17, 15) is 9.59 Å². The zero-order chi connectivity index (χ0) is 15.2. The van der Waals surface area contributed by atoms with Crippen molar-refractivity contribution in [3.8, 4) is 0 Å². The van der Waals surface area contributed by atoms with Crippen LogP contribution in [-0.2, 0) is 16.0 Å². The number of aryl methyl sites for hydroxylation is 2. The summed E-state index contributed by atoms with van der Waals surface area (Å²) >= 11 is 1.59. The Morgan fingerprint density at radius 3 is 2.90 bits per heavy atom. The van der Waals surface area contributed by atoms with Crippen LogP contribution < -0.4 is 0 Å². The molecule has 1 fully saturated rings. The van der Waals surface area contributed by atoms with Gasteiger partial charge < -0.3 is 10.0 Å². The Hall–Kier alpha value is -1.43. The van der Waals surface area contributed by atoms with Crippen molar-refractivity contribution in [1.29, 1.82) is 0 Å². The molecule has 2 heterocycles. The van der Waals surface area contributed by atoms with Gasteiger partial charge in [0.15, 0.2) is 0 Å². The van der Waals surface area contributed by atoms with Crippen molar-refractivity contribution in [3.63, 3.8) is 0 Å². The monoisotopic (exact) mass is 310 g/mol. The van der Waals surface area contributed by atoms with E-state index in [2.05, 4.69) is 4.98 Å². The summed E-state index contributed by atoms with van der Waals surface area (Å²) in [5, 5.41) is 11.8. The molecule has 1 unspecified atom stereocenters. The van der Waals surface area contributed by atoms with Crippen molar-refractivity contribution < 1.29 is 14.7 Å². The van der Waals surface area contributed by atoms with Crippen LogP contribution in [0.5, 0.6) is 0 Å². The standard InChI is InChI=1S/C15H22N2O3S/c1-11-10-21-13(16-11)6-7-14(18)17-9-3-2-4-12(17)5-8-15(19)20/h10,12H,2-9H2,1H3,(H,19,20).